The lowest BCUT2D eigenvalue weighted by atomic mass is 9.91. The van der Waals surface area contributed by atoms with Gasteiger partial charge in [0.15, 0.2) is 0 Å². The van der Waals surface area contributed by atoms with Crippen molar-refractivity contribution in [2.45, 2.75) is 45.2 Å². The Balaban J connectivity index is 2.20. The van der Waals surface area contributed by atoms with Crippen LogP contribution in [0, 0.1) is 11.8 Å². The molecule has 1 aliphatic rings. The van der Waals surface area contributed by atoms with Gasteiger partial charge in [-0.3, -0.25) is 4.90 Å². The summed E-state index contributed by atoms with van der Waals surface area (Å²) >= 11 is 0. The fourth-order valence-corrected chi connectivity index (χ4v) is 3.78. The van der Waals surface area contributed by atoms with Crippen molar-refractivity contribution in [2.24, 2.45) is 17.6 Å². The molecule has 0 spiro atoms. The average molecular weight is 260 g/mol. The second-order valence-electron chi connectivity index (χ2n) is 6.26. The molecule has 2 heteroatoms. The molecule has 3 unspecified atom stereocenters. The summed E-state index contributed by atoms with van der Waals surface area (Å²) in [6.07, 6.45) is 3.93. The SMILES string of the molecule is CC(C)C(c1ccccc1)N(C)C1CCCC1CN. The van der Waals surface area contributed by atoms with E-state index in [4.69, 9.17) is 5.73 Å². The van der Waals surface area contributed by atoms with Crippen molar-refractivity contribution in [3.05, 3.63) is 35.9 Å². The number of nitrogens with zero attached hydrogens (tertiary/aromatic N) is 1. The molecule has 2 N–H and O–H groups in total. The topological polar surface area (TPSA) is 29.3 Å². The van der Waals surface area contributed by atoms with Gasteiger partial charge in [-0.1, -0.05) is 50.6 Å². The lowest BCUT2D eigenvalue weighted by molar-refractivity contribution is 0.111. The first kappa shape index (κ1) is 14.5. The first-order valence-electron chi connectivity index (χ1n) is 7.62. The summed E-state index contributed by atoms with van der Waals surface area (Å²) in [5.41, 5.74) is 7.38. The van der Waals surface area contributed by atoms with Crippen molar-refractivity contribution >= 4 is 0 Å². The van der Waals surface area contributed by atoms with Crippen molar-refractivity contribution in [1.82, 2.24) is 4.90 Å². The maximum absolute atomic E-state index is 5.95. The molecule has 106 valence electrons. The molecule has 1 saturated carbocycles. The van der Waals surface area contributed by atoms with Gasteiger partial charge in [0.1, 0.15) is 0 Å². The number of hydrogen-bond acceptors (Lipinski definition) is 2. The van der Waals surface area contributed by atoms with E-state index in [2.05, 4.69) is 56.1 Å². The highest BCUT2D eigenvalue weighted by molar-refractivity contribution is 5.20. The zero-order valence-electron chi connectivity index (χ0n) is 12.5. The summed E-state index contributed by atoms with van der Waals surface area (Å²) in [6.45, 7) is 5.47. The van der Waals surface area contributed by atoms with Gasteiger partial charge in [0.2, 0.25) is 0 Å². The predicted molar refractivity (Wildman–Crippen MR) is 82.0 cm³/mol. The zero-order chi connectivity index (χ0) is 13.8. The standard InChI is InChI=1S/C17H28N2/c1-13(2)17(14-8-5-4-6-9-14)19(3)16-11-7-10-15(16)12-18/h4-6,8-9,13,15-17H,7,10-12,18H2,1-3H3. The molecule has 2 nitrogen and oxygen atoms in total. The van der Waals surface area contributed by atoms with E-state index in [9.17, 15) is 0 Å². The Morgan fingerprint density at radius 3 is 2.47 bits per heavy atom. The van der Waals surface area contributed by atoms with Crippen LogP contribution in [0.4, 0.5) is 0 Å². The molecule has 1 aromatic carbocycles. The van der Waals surface area contributed by atoms with E-state index in [1.54, 1.807) is 0 Å². The van der Waals surface area contributed by atoms with Crippen molar-refractivity contribution in [1.29, 1.82) is 0 Å². The number of hydrogen-bond donors (Lipinski definition) is 1. The van der Waals surface area contributed by atoms with Crippen LogP contribution in [0.5, 0.6) is 0 Å². The van der Waals surface area contributed by atoms with E-state index in [0.29, 0.717) is 23.9 Å². The fourth-order valence-electron chi connectivity index (χ4n) is 3.78. The molecule has 1 aromatic rings. The third kappa shape index (κ3) is 3.18. The minimum Gasteiger partial charge on any atom is -0.330 e. The lowest BCUT2D eigenvalue weighted by Gasteiger charge is -2.38. The maximum Gasteiger partial charge on any atom is 0.0371 e. The molecule has 2 rings (SSSR count). The summed E-state index contributed by atoms with van der Waals surface area (Å²) in [7, 11) is 2.29. The number of rotatable bonds is 5. The minimum atomic E-state index is 0.498. The second kappa shape index (κ2) is 6.53. The quantitative estimate of drug-likeness (QED) is 0.878. The van der Waals surface area contributed by atoms with Crippen LogP contribution in [-0.4, -0.2) is 24.5 Å². The van der Waals surface area contributed by atoms with Gasteiger partial charge in [-0.25, -0.2) is 0 Å². The van der Waals surface area contributed by atoms with Crippen LogP contribution in [0.1, 0.15) is 44.7 Å². The summed E-state index contributed by atoms with van der Waals surface area (Å²) in [4.78, 5) is 2.59. The van der Waals surface area contributed by atoms with Gasteiger partial charge in [0, 0.05) is 12.1 Å². The smallest absolute Gasteiger partial charge is 0.0371 e. The van der Waals surface area contributed by atoms with Crippen LogP contribution >= 0.6 is 0 Å². The highest BCUT2D eigenvalue weighted by Crippen LogP contribution is 2.36. The number of nitrogens with two attached hydrogens (primary N) is 1. The average Bonchev–Trinajstić information content (AvgIpc) is 2.88. The van der Waals surface area contributed by atoms with Crippen LogP contribution in [0.15, 0.2) is 30.3 Å². The van der Waals surface area contributed by atoms with E-state index in [0.717, 1.165) is 6.54 Å². The molecule has 0 aliphatic heterocycles. The summed E-state index contributed by atoms with van der Waals surface area (Å²) < 4.78 is 0. The second-order valence-corrected chi connectivity index (χ2v) is 6.26. The Labute approximate surface area is 118 Å². The Morgan fingerprint density at radius 1 is 1.21 bits per heavy atom. The van der Waals surface area contributed by atoms with Crippen LogP contribution < -0.4 is 5.73 Å². The minimum absolute atomic E-state index is 0.498. The van der Waals surface area contributed by atoms with Gasteiger partial charge in [0.05, 0.1) is 0 Å². The van der Waals surface area contributed by atoms with Gasteiger partial charge in [-0.15, -0.1) is 0 Å². The zero-order valence-corrected chi connectivity index (χ0v) is 12.5. The van der Waals surface area contributed by atoms with Gasteiger partial charge in [0.25, 0.3) is 0 Å². The van der Waals surface area contributed by atoms with E-state index >= 15 is 0 Å². The number of benzene rings is 1. The van der Waals surface area contributed by atoms with E-state index in [1.807, 2.05) is 0 Å². The molecule has 1 aliphatic carbocycles. The Bertz CT molecular complexity index is 374. The highest BCUT2D eigenvalue weighted by Gasteiger charge is 2.34. The molecule has 0 amide bonds. The molecule has 0 aromatic heterocycles. The van der Waals surface area contributed by atoms with E-state index in [-0.39, 0.29) is 0 Å². The molecule has 3 atom stereocenters. The predicted octanol–water partition coefficient (Wildman–Crippen LogP) is 3.44. The molecular formula is C17H28N2. The van der Waals surface area contributed by atoms with Gasteiger partial charge >= 0.3 is 0 Å². The van der Waals surface area contributed by atoms with Crippen LogP contribution in [0.25, 0.3) is 0 Å². The summed E-state index contributed by atoms with van der Waals surface area (Å²) in [5, 5.41) is 0. The Kier molecular flexibility index (Phi) is 5.00. The van der Waals surface area contributed by atoms with Crippen LogP contribution in [0.3, 0.4) is 0 Å². The maximum atomic E-state index is 5.95. The lowest BCUT2D eigenvalue weighted by Crippen LogP contribution is -2.41. The normalized spacial score (nSPS) is 25.2. The van der Waals surface area contributed by atoms with Gasteiger partial charge in [-0.05, 0) is 43.8 Å². The van der Waals surface area contributed by atoms with Crippen LogP contribution in [0.2, 0.25) is 0 Å². The first-order chi connectivity index (χ1) is 9.15. The van der Waals surface area contributed by atoms with Crippen molar-refractivity contribution in [3.63, 3.8) is 0 Å². The Hall–Kier alpha value is -0.860. The fraction of sp³-hybridized carbons (Fsp3) is 0.647. The third-order valence-electron chi connectivity index (χ3n) is 4.66. The monoisotopic (exact) mass is 260 g/mol. The molecule has 19 heavy (non-hydrogen) atoms. The summed E-state index contributed by atoms with van der Waals surface area (Å²) in [6, 6.07) is 12.1. The first-order valence-corrected chi connectivity index (χ1v) is 7.62. The third-order valence-corrected chi connectivity index (χ3v) is 4.66. The molecule has 0 heterocycles. The summed E-state index contributed by atoms with van der Waals surface area (Å²) in [5.74, 6) is 1.29. The van der Waals surface area contributed by atoms with Crippen LogP contribution in [-0.2, 0) is 0 Å². The Morgan fingerprint density at radius 2 is 1.89 bits per heavy atom. The van der Waals surface area contributed by atoms with E-state index < -0.39 is 0 Å². The highest BCUT2D eigenvalue weighted by atomic mass is 15.2. The van der Waals surface area contributed by atoms with Crippen molar-refractivity contribution < 1.29 is 0 Å². The molecule has 0 bridgehead atoms. The van der Waals surface area contributed by atoms with Crippen molar-refractivity contribution in [2.75, 3.05) is 13.6 Å². The molecule has 0 radical (unpaired) electrons. The van der Waals surface area contributed by atoms with Gasteiger partial charge < -0.3 is 5.73 Å². The largest absolute Gasteiger partial charge is 0.330 e. The molecule has 1 fully saturated rings. The molecular weight excluding hydrogens is 232 g/mol. The van der Waals surface area contributed by atoms with Crippen molar-refractivity contribution in [3.8, 4) is 0 Å². The molecule has 0 saturated heterocycles. The van der Waals surface area contributed by atoms with E-state index in [1.165, 1.54) is 24.8 Å². The van der Waals surface area contributed by atoms with Gasteiger partial charge in [-0.2, -0.15) is 0 Å².